The van der Waals surface area contributed by atoms with Crippen molar-refractivity contribution < 1.29 is 9.53 Å². The SMILES string of the molecule is COCCN(Cc1cccnc1)[C@@H](Cc1ccccc1)C1CCN(C(=O)c2csc(C)n2)CC1. The molecule has 1 atom stereocenters. The summed E-state index contributed by atoms with van der Waals surface area (Å²) < 4.78 is 5.48. The molecule has 1 aliphatic heterocycles. The molecule has 0 N–H and O–H groups in total. The van der Waals surface area contributed by atoms with Gasteiger partial charge in [0.2, 0.25) is 0 Å². The molecule has 3 heterocycles. The zero-order chi connectivity index (χ0) is 23.8. The highest BCUT2D eigenvalue weighted by atomic mass is 32.1. The standard InChI is InChI=1S/C27H34N4O2S/c1-21-29-25(20-34-21)27(32)30-13-10-24(11-14-30)26(17-22-7-4-3-5-8-22)31(15-16-33-2)19-23-9-6-12-28-18-23/h3-9,12,18,20,24,26H,10-11,13-17,19H2,1-2H3/t26-/m0/s1. The molecular formula is C27H34N4O2S. The average molecular weight is 479 g/mol. The van der Waals surface area contributed by atoms with Crippen LogP contribution in [0.2, 0.25) is 0 Å². The molecule has 1 fully saturated rings. The number of piperidine rings is 1. The summed E-state index contributed by atoms with van der Waals surface area (Å²) in [7, 11) is 1.76. The molecule has 34 heavy (non-hydrogen) atoms. The Morgan fingerprint density at radius 1 is 1.18 bits per heavy atom. The van der Waals surface area contributed by atoms with Crippen molar-refractivity contribution in [1.82, 2.24) is 19.8 Å². The summed E-state index contributed by atoms with van der Waals surface area (Å²) in [5, 5.41) is 2.81. The van der Waals surface area contributed by atoms with Gasteiger partial charge in [0.25, 0.3) is 5.91 Å². The molecule has 1 aliphatic rings. The van der Waals surface area contributed by atoms with Gasteiger partial charge in [-0.2, -0.15) is 0 Å². The molecule has 1 saturated heterocycles. The van der Waals surface area contributed by atoms with Gasteiger partial charge in [-0.15, -0.1) is 11.3 Å². The molecule has 0 bridgehead atoms. The van der Waals surface area contributed by atoms with Crippen molar-refractivity contribution in [2.75, 3.05) is 33.4 Å². The lowest BCUT2D eigenvalue weighted by atomic mass is 9.84. The Bertz CT molecular complexity index is 1020. The fraction of sp³-hybridized carbons (Fsp3) is 0.444. The normalized spacial score (nSPS) is 15.6. The highest BCUT2D eigenvalue weighted by molar-refractivity contribution is 7.09. The summed E-state index contributed by atoms with van der Waals surface area (Å²) in [6.07, 6.45) is 6.73. The monoisotopic (exact) mass is 478 g/mol. The molecule has 180 valence electrons. The molecule has 7 heteroatoms. The summed E-state index contributed by atoms with van der Waals surface area (Å²) >= 11 is 1.53. The van der Waals surface area contributed by atoms with Crippen molar-refractivity contribution in [3.8, 4) is 0 Å². The van der Waals surface area contributed by atoms with E-state index in [0.717, 1.165) is 50.4 Å². The second-order valence-corrected chi connectivity index (χ2v) is 10.0. The van der Waals surface area contributed by atoms with Crippen LogP contribution in [0.15, 0.2) is 60.2 Å². The van der Waals surface area contributed by atoms with E-state index in [1.165, 1.54) is 22.5 Å². The van der Waals surface area contributed by atoms with E-state index in [2.05, 4.69) is 51.3 Å². The van der Waals surface area contributed by atoms with Crippen LogP contribution in [0.5, 0.6) is 0 Å². The summed E-state index contributed by atoms with van der Waals surface area (Å²) in [5.41, 5.74) is 3.14. The fourth-order valence-electron chi connectivity index (χ4n) is 4.86. The minimum atomic E-state index is 0.0639. The predicted octanol–water partition coefficient (Wildman–Crippen LogP) is 4.46. The maximum absolute atomic E-state index is 12.9. The number of hydrogen-bond acceptors (Lipinski definition) is 6. The van der Waals surface area contributed by atoms with Crippen molar-refractivity contribution in [1.29, 1.82) is 0 Å². The van der Waals surface area contributed by atoms with Crippen molar-refractivity contribution >= 4 is 17.2 Å². The Kier molecular flexibility index (Phi) is 8.79. The lowest BCUT2D eigenvalue weighted by molar-refractivity contribution is 0.0482. The number of pyridine rings is 1. The average Bonchev–Trinajstić information content (AvgIpc) is 3.32. The molecule has 0 radical (unpaired) electrons. The molecule has 6 nitrogen and oxygen atoms in total. The maximum Gasteiger partial charge on any atom is 0.273 e. The molecule has 3 aromatic rings. The van der Waals surface area contributed by atoms with Crippen molar-refractivity contribution in [2.24, 2.45) is 5.92 Å². The number of nitrogens with zero attached hydrogens (tertiary/aromatic N) is 4. The second kappa shape index (κ2) is 12.2. The quantitative estimate of drug-likeness (QED) is 0.431. The van der Waals surface area contributed by atoms with Gasteiger partial charge in [0.1, 0.15) is 5.69 Å². The topological polar surface area (TPSA) is 58.6 Å². The number of rotatable bonds is 10. The minimum Gasteiger partial charge on any atom is -0.383 e. The van der Waals surface area contributed by atoms with E-state index in [0.29, 0.717) is 24.3 Å². The highest BCUT2D eigenvalue weighted by Gasteiger charge is 2.33. The first-order chi connectivity index (χ1) is 16.6. The fourth-order valence-corrected chi connectivity index (χ4v) is 5.44. The Labute approximate surface area is 206 Å². The summed E-state index contributed by atoms with van der Waals surface area (Å²) in [6.45, 7) is 5.88. The minimum absolute atomic E-state index is 0.0639. The van der Waals surface area contributed by atoms with E-state index < -0.39 is 0 Å². The van der Waals surface area contributed by atoms with E-state index in [1.807, 2.05) is 35.7 Å². The van der Waals surface area contributed by atoms with Gasteiger partial charge in [-0.1, -0.05) is 36.4 Å². The highest BCUT2D eigenvalue weighted by Crippen LogP contribution is 2.29. The molecule has 1 amide bonds. The van der Waals surface area contributed by atoms with Crippen LogP contribution in [-0.2, 0) is 17.7 Å². The lowest BCUT2D eigenvalue weighted by Gasteiger charge is -2.41. The van der Waals surface area contributed by atoms with Crippen LogP contribution < -0.4 is 0 Å². The molecule has 0 saturated carbocycles. The number of aromatic nitrogens is 2. The molecule has 4 rings (SSSR count). The number of thiazole rings is 1. The molecule has 0 unspecified atom stereocenters. The van der Waals surface area contributed by atoms with Crippen LogP contribution in [-0.4, -0.2) is 65.1 Å². The van der Waals surface area contributed by atoms with Crippen molar-refractivity contribution in [3.05, 3.63) is 82.1 Å². The third-order valence-corrected chi connectivity index (χ3v) is 7.43. The Hall–Kier alpha value is -2.61. The van der Waals surface area contributed by atoms with Crippen LogP contribution in [0.3, 0.4) is 0 Å². The molecule has 2 aromatic heterocycles. The Morgan fingerprint density at radius 3 is 2.59 bits per heavy atom. The van der Waals surface area contributed by atoms with Crippen molar-refractivity contribution in [3.63, 3.8) is 0 Å². The number of likely N-dealkylation sites (tertiary alicyclic amines) is 1. The van der Waals surface area contributed by atoms with E-state index in [9.17, 15) is 4.79 Å². The zero-order valence-corrected chi connectivity index (χ0v) is 20.9. The zero-order valence-electron chi connectivity index (χ0n) is 20.1. The lowest BCUT2D eigenvalue weighted by Crippen LogP contribution is -2.48. The van der Waals surface area contributed by atoms with E-state index in [-0.39, 0.29) is 5.91 Å². The number of carbonyl (C=O) groups excluding carboxylic acids is 1. The molecule has 0 aliphatic carbocycles. The smallest absolute Gasteiger partial charge is 0.273 e. The Morgan fingerprint density at radius 2 is 1.94 bits per heavy atom. The summed E-state index contributed by atoms with van der Waals surface area (Å²) in [6, 6.07) is 15.2. The second-order valence-electron chi connectivity index (χ2n) is 8.96. The molecule has 1 aromatic carbocycles. The van der Waals surface area contributed by atoms with E-state index in [4.69, 9.17) is 4.74 Å². The Balaban J connectivity index is 1.50. The van der Waals surface area contributed by atoms with Gasteiger partial charge in [0.05, 0.1) is 11.6 Å². The van der Waals surface area contributed by atoms with Gasteiger partial charge in [0.15, 0.2) is 0 Å². The number of amides is 1. The molecule has 0 spiro atoms. The first-order valence-electron chi connectivity index (χ1n) is 12.0. The largest absolute Gasteiger partial charge is 0.383 e. The van der Waals surface area contributed by atoms with Crippen LogP contribution >= 0.6 is 11.3 Å². The van der Waals surface area contributed by atoms with Gasteiger partial charge < -0.3 is 9.64 Å². The van der Waals surface area contributed by atoms with Gasteiger partial charge in [-0.05, 0) is 49.3 Å². The number of ether oxygens (including phenoxy) is 1. The van der Waals surface area contributed by atoms with E-state index in [1.54, 1.807) is 7.11 Å². The first-order valence-corrected chi connectivity index (χ1v) is 12.9. The molecular weight excluding hydrogens is 444 g/mol. The predicted molar refractivity (Wildman–Crippen MR) is 136 cm³/mol. The van der Waals surface area contributed by atoms with E-state index >= 15 is 0 Å². The first kappa shape index (κ1) is 24.5. The maximum atomic E-state index is 12.9. The van der Waals surface area contributed by atoms with Crippen LogP contribution in [0, 0.1) is 12.8 Å². The van der Waals surface area contributed by atoms with Crippen LogP contribution in [0.25, 0.3) is 0 Å². The number of hydrogen-bond donors (Lipinski definition) is 0. The summed E-state index contributed by atoms with van der Waals surface area (Å²) in [4.78, 5) is 26.2. The van der Waals surface area contributed by atoms with Gasteiger partial charge >= 0.3 is 0 Å². The number of methoxy groups -OCH3 is 1. The van der Waals surface area contributed by atoms with Crippen LogP contribution in [0.4, 0.5) is 0 Å². The summed E-state index contributed by atoms with van der Waals surface area (Å²) in [5.74, 6) is 0.559. The van der Waals surface area contributed by atoms with Crippen LogP contribution in [0.1, 0.15) is 39.5 Å². The van der Waals surface area contributed by atoms with Gasteiger partial charge in [-0.25, -0.2) is 4.98 Å². The number of carbonyl (C=O) groups is 1. The third kappa shape index (κ3) is 6.50. The number of benzene rings is 1. The van der Waals surface area contributed by atoms with Crippen molar-refractivity contribution in [2.45, 2.75) is 38.8 Å². The van der Waals surface area contributed by atoms with Gasteiger partial charge in [0, 0.05) is 57.1 Å². The third-order valence-electron chi connectivity index (χ3n) is 6.66. The number of aryl methyl sites for hydroxylation is 1. The van der Waals surface area contributed by atoms with Gasteiger partial charge in [-0.3, -0.25) is 14.7 Å².